The van der Waals surface area contributed by atoms with E-state index in [4.69, 9.17) is 0 Å². The number of rotatable bonds is 3. The Hall–Kier alpha value is -2.10. The van der Waals surface area contributed by atoms with Gasteiger partial charge in [0.1, 0.15) is 17.6 Å². The second kappa shape index (κ2) is 6.50. The molecule has 2 aliphatic carbocycles. The summed E-state index contributed by atoms with van der Waals surface area (Å²) < 4.78 is 0. The highest BCUT2D eigenvalue weighted by Gasteiger charge is 2.54. The second-order valence-electron chi connectivity index (χ2n) is 9.49. The highest BCUT2D eigenvalue weighted by atomic mass is 16.2. The largest absolute Gasteiger partial charge is 0.325 e. The standard InChI is InChI=1S/C20H30N4O3/c1-18(2,3)14-6-10-20(11-7-14)16(26)24(17(27)22-20)12-15(25)23(4)19(13-21)8-5-9-19/h14H,5-12H2,1-4H3,(H,22,27). The Morgan fingerprint density at radius 3 is 2.30 bits per heavy atom. The summed E-state index contributed by atoms with van der Waals surface area (Å²) in [6.07, 6.45) is 5.19. The van der Waals surface area contributed by atoms with Gasteiger partial charge in [-0.15, -0.1) is 0 Å². The Morgan fingerprint density at radius 2 is 1.85 bits per heavy atom. The first-order valence-corrected chi connectivity index (χ1v) is 9.87. The number of carbonyl (C=O) groups is 3. The maximum absolute atomic E-state index is 13.0. The van der Waals surface area contributed by atoms with Gasteiger partial charge in [-0.3, -0.25) is 14.5 Å². The molecule has 0 bridgehead atoms. The van der Waals surface area contributed by atoms with Crippen molar-refractivity contribution in [3.05, 3.63) is 0 Å². The van der Waals surface area contributed by atoms with Gasteiger partial charge in [0.25, 0.3) is 5.91 Å². The molecule has 3 rings (SSSR count). The van der Waals surface area contributed by atoms with E-state index in [9.17, 15) is 19.6 Å². The molecule has 2 saturated carbocycles. The van der Waals surface area contributed by atoms with Gasteiger partial charge in [-0.05, 0) is 56.3 Å². The molecule has 0 radical (unpaired) electrons. The van der Waals surface area contributed by atoms with Gasteiger partial charge in [-0.25, -0.2) is 4.79 Å². The van der Waals surface area contributed by atoms with Crippen molar-refractivity contribution in [3.63, 3.8) is 0 Å². The fourth-order valence-electron chi connectivity index (χ4n) is 4.65. The molecule has 0 atom stereocenters. The molecule has 0 aromatic carbocycles. The Bertz CT molecular complexity index is 691. The number of carbonyl (C=O) groups excluding carboxylic acids is 3. The van der Waals surface area contributed by atoms with Gasteiger partial charge in [0.2, 0.25) is 5.91 Å². The third-order valence-corrected chi connectivity index (χ3v) is 7.01. The normalized spacial score (nSPS) is 29.9. The minimum atomic E-state index is -0.860. The zero-order chi connectivity index (χ0) is 20.0. The Labute approximate surface area is 161 Å². The maximum Gasteiger partial charge on any atom is 0.325 e. The van der Waals surface area contributed by atoms with Crippen LogP contribution >= 0.6 is 0 Å². The number of nitriles is 1. The van der Waals surface area contributed by atoms with Crippen LogP contribution < -0.4 is 5.32 Å². The molecule has 1 aliphatic heterocycles. The van der Waals surface area contributed by atoms with Gasteiger partial charge >= 0.3 is 6.03 Å². The van der Waals surface area contributed by atoms with Gasteiger partial charge in [0.05, 0.1) is 6.07 Å². The summed E-state index contributed by atoms with van der Waals surface area (Å²) in [6, 6.07) is 1.73. The fourth-order valence-corrected chi connectivity index (χ4v) is 4.65. The average Bonchev–Trinajstić information content (AvgIpc) is 2.78. The van der Waals surface area contributed by atoms with E-state index >= 15 is 0 Å². The van der Waals surface area contributed by atoms with E-state index in [0.717, 1.165) is 24.2 Å². The van der Waals surface area contributed by atoms with Crippen LogP contribution in [0.15, 0.2) is 0 Å². The quantitative estimate of drug-likeness (QED) is 0.768. The molecule has 1 spiro atoms. The molecule has 4 amide bonds. The summed E-state index contributed by atoms with van der Waals surface area (Å²) in [5.74, 6) is -0.134. The third kappa shape index (κ3) is 3.19. The van der Waals surface area contributed by atoms with Gasteiger partial charge in [0.15, 0.2) is 0 Å². The van der Waals surface area contributed by atoms with Gasteiger partial charge in [-0.2, -0.15) is 5.26 Å². The molecule has 27 heavy (non-hydrogen) atoms. The monoisotopic (exact) mass is 374 g/mol. The molecule has 1 N–H and O–H groups in total. The number of nitrogens with zero attached hydrogens (tertiary/aromatic N) is 3. The number of imide groups is 1. The lowest BCUT2D eigenvalue weighted by Crippen LogP contribution is -2.56. The fraction of sp³-hybridized carbons (Fsp3) is 0.800. The molecule has 1 saturated heterocycles. The summed E-state index contributed by atoms with van der Waals surface area (Å²) in [5, 5.41) is 12.3. The summed E-state index contributed by atoms with van der Waals surface area (Å²) in [7, 11) is 1.59. The predicted octanol–water partition coefficient (Wildman–Crippen LogP) is 2.42. The molecule has 1 heterocycles. The zero-order valence-electron chi connectivity index (χ0n) is 16.8. The highest BCUT2D eigenvalue weighted by Crippen LogP contribution is 2.43. The highest BCUT2D eigenvalue weighted by molar-refractivity contribution is 6.09. The Balaban J connectivity index is 1.67. The van der Waals surface area contributed by atoms with E-state index in [1.165, 1.54) is 4.90 Å². The van der Waals surface area contributed by atoms with Crippen LogP contribution in [0.3, 0.4) is 0 Å². The van der Waals surface area contributed by atoms with Crippen LogP contribution in [-0.4, -0.2) is 52.3 Å². The number of hydrogen-bond donors (Lipinski definition) is 1. The lowest BCUT2D eigenvalue weighted by Gasteiger charge is -2.43. The SMILES string of the molecule is CN(C(=O)CN1C(=O)NC2(CCC(C(C)(C)C)CC2)C1=O)C1(C#N)CCC1. The Kier molecular flexibility index (Phi) is 4.73. The van der Waals surface area contributed by atoms with Crippen molar-refractivity contribution in [2.75, 3.05) is 13.6 Å². The first kappa shape index (κ1) is 19.7. The number of amides is 4. The van der Waals surface area contributed by atoms with E-state index in [1.807, 2.05) is 0 Å². The van der Waals surface area contributed by atoms with Crippen LogP contribution in [0.25, 0.3) is 0 Å². The van der Waals surface area contributed by atoms with E-state index < -0.39 is 17.1 Å². The van der Waals surface area contributed by atoms with Crippen molar-refractivity contribution in [2.24, 2.45) is 11.3 Å². The first-order valence-electron chi connectivity index (χ1n) is 9.87. The molecule has 0 unspecified atom stereocenters. The molecule has 0 aromatic heterocycles. The number of likely N-dealkylation sites (N-methyl/N-ethyl adjacent to an activating group) is 1. The van der Waals surface area contributed by atoms with Crippen molar-refractivity contribution in [2.45, 2.75) is 76.8 Å². The lowest BCUT2D eigenvalue weighted by molar-refractivity contribution is -0.142. The zero-order valence-corrected chi connectivity index (χ0v) is 16.8. The smallest absolute Gasteiger partial charge is 0.325 e. The topological polar surface area (TPSA) is 93.5 Å². The molecule has 0 aromatic rings. The van der Waals surface area contributed by atoms with Crippen molar-refractivity contribution in [1.82, 2.24) is 15.1 Å². The second-order valence-corrected chi connectivity index (χ2v) is 9.49. The minimum Gasteiger partial charge on any atom is -0.325 e. The van der Waals surface area contributed by atoms with E-state index in [0.29, 0.717) is 31.6 Å². The van der Waals surface area contributed by atoms with Crippen molar-refractivity contribution in [3.8, 4) is 6.07 Å². The van der Waals surface area contributed by atoms with Crippen LogP contribution in [0.5, 0.6) is 0 Å². The minimum absolute atomic E-state index is 0.181. The maximum atomic E-state index is 13.0. The van der Waals surface area contributed by atoms with Crippen LogP contribution in [0.4, 0.5) is 4.79 Å². The van der Waals surface area contributed by atoms with E-state index in [-0.39, 0.29) is 23.8 Å². The molecule has 7 heteroatoms. The summed E-state index contributed by atoms with van der Waals surface area (Å²) >= 11 is 0. The third-order valence-electron chi connectivity index (χ3n) is 7.01. The molecule has 7 nitrogen and oxygen atoms in total. The summed E-state index contributed by atoms with van der Waals surface area (Å²) in [5.41, 5.74) is -1.46. The van der Waals surface area contributed by atoms with E-state index in [1.54, 1.807) is 7.05 Å². The van der Waals surface area contributed by atoms with Crippen LogP contribution in [0.2, 0.25) is 0 Å². The lowest BCUT2D eigenvalue weighted by atomic mass is 9.67. The average molecular weight is 374 g/mol. The molecule has 3 fully saturated rings. The molecule has 148 valence electrons. The first-order chi connectivity index (χ1) is 12.5. The summed E-state index contributed by atoms with van der Waals surface area (Å²) in [4.78, 5) is 40.6. The van der Waals surface area contributed by atoms with Crippen LogP contribution in [0.1, 0.15) is 65.7 Å². The number of urea groups is 1. The van der Waals surface area contributed by atoms with Gasteiger partial charge in [0, 0.05) is 7.05 Å². The van der Waals surface area contributed by atoms with E-state index in [2.05, 4.69) is 32.2 Å². The van der Waals surface area contributed by atoms with Crippen LogP contribution in [0, 0.1) is 22.7 Å². The van der Waals surface area contributed by atoms with Gasteiger partial charge < -0.3 is 10.2 Å². The molecule has 3 aliphatic rings. The Morgan fingerprint density at radius 1 is 1.26 bits per heavy atom. The number of hydrogen-bond acceptors (Lipinski definition) is 4. The van der Waals surface area contributed by atoms with Crippen molar-refractivity contribution >= 4 is 17.8 Å². The molecular formula is C20H30N4O3. The van der Waals surface area contributed by atoms with Crippen LogP contribution in [-0.2, 0) is 9.59 Å². The predicted molar refractivity (Wildman–Crippen MR) is 99.4 cm³/mol. The van der Waals surface area contributed by atoms with Crippen molar-refractivity contribution in [1.29, 1.82) is 5.26 Å². The summed E-state index contributed by atoms with van der Waals surface area (Å²) in [6.45, 7) is 6.32. The molecular weight excluding hydrogens is 344 g/mol. The van der Waals surface area contributed by atoms with Crippen molar-refractivity contribution < 1.29 is 14.4 Å². The van der Waals surface area contributed by atoms with Gasteiger partial charge in [-0.1, -0.05) is 20.8 Å². The number of nitrogens with one attached hydrogen (secondary N) is 1.